The first-order valence-corrected chi connectivity index (χ1v) is 11.4. The Morgan fingerprint density at radius 2 is 1.71 bits per heavy atom. The van der Waals surface area contributed by atoms with Crippen molar-refractivity contribution < 1.29 is 9.47 Å². The van der Waals surface area contributed by atoms with Gasteiger partial charge < -0.3 is 25.0 Å². The number of methoxy groups -OCH3 is 2. The first-order valence-electron chi connectivity index (χ1n) is 11.0. The third-order valence-electron chi connectivity index (χ3n) is 6.65. The van der Waals surface area contributed by atoms with Crippen molar-refractivity contribution in [1.82, 2.24) is 10.2 Å². The number of hydrogen-bond acceptors (Lipinski definition) is 7. The van der Waals surface area contributed by atoms with Crippen LogP contribution in [0.2, 0.25) is 5.15 Å². The lowest BCUT2D eigenvalue weighted by Crippen LogP contribution is -2.39. The van der Waals surface area contributed by atoms with Crippen molar-refractivity contribution in [3.05, 3.63) is 41.0 Å². The minimum absolute atomic E-state index is 0.0988. The zero-order valence-electron chi connectivity index (χ0n) is 18.3. The number of rotatable bonds is 6. The van der Waals surface area contributed by atoms with E-state index in [1.165, 1.54) is 17.7 Å². The summed E-state index contributed by atoms with van der Waals surface area (Å²) in [6.07, 6.45) is 4.34. The average Bonchev–Trinajstić information content (AvgIpc) is 2.82. The predicted octanol–water partition coefficient (Wildman–Crippen LogP) is 3.93. The topological polar surface area (TPSA) is 76.7 Å². The zero-order valence-corrected chi connectivity index (χ0v) is 19.1. The number of nitrogen functional groups attached to an aromatic ring is 1. The summed E-state index contributed by atoms with van der Waals surface area (Å²) in [6.45, 7) is 3.92. The van der Waals surface area contributed by atoms with Crippen LogP contribution in [0.4, 0.5) is 17.2 Å². The van der Waals surface area contributed by atoms with Crippen molar-refractivity contribution in [3.8, 4) is 0 Å². The number of nitrogens with two attached hydrogens (primary N) is 1. The average molecular weight is 446 g/mol. The van der Waals surface area contributed by atoms with Crippen LogP contribution in [0, 0.1) is 5.92 Å². The van der Waals surface area contributed by atoms with Gasteiger partial charge in [-0.3, -0.25) is 0 Å². The minimum Gasteiger partial charge on any atom is -0.380 e. The number of halogens is 1. The van der Waals surface area contributed by atoms with E-state index in [0.717, 1.165) is 51.1 Å². The summed E-state index contributed by atoms with van der Waals surface area (Å²) in [4.78, 5) is 4.74. The Labute approximate surface area is 189 Å². The van der Waals surface area contributed by atoms with Gasteiger partial charge in [0.25, 0.3) is 0 Å². The molecular formula is C23H32ClN5O2. The summed E-state index contributed by atoms with van der Waals surface area (Å²) < 4.78 is 10.9. The molecule has 0 aliphatic carbocycles. The molecule has 2 aliphatic heterocycles. The van der Waals surface area contributed by atoms with E-state index in [0.29, 0.717) is 22.8 Å². The van der Waals surface area contributed by atoms with E-state index in [2.05, 4.69) is 44.3 Å². The van der Waals surface area contributed by atoms with Crippen molar-refractivity contribution in [2.45, 2.75) is 37.9 Å². The molecule has 2 saturated heterocycles. The summed E-state index contributed by atoms with van der Waals surface area (Å²) in [5.74, 6) is 1.36. The first-order chi connectivity index (χ1) is 15.1. The third kappa shape index (κ3) is 5.05. The molecule has 31 heavy (non-hydrogen) atoms. The lowest BCUT2D eigenvalue weighted by Gasteiger charge is -2.37. The fourth-order valence-corrected chi connectivity index (χ4v) is 5.10. The second-order valence-electron chi connectivity index (χ2n) is 8.48. The molecule has 1 aromatic heterocycles. The zero-order chi connectivity index (χ0) is 21.8. The molecule has 2 aliphatic rings. The van der Waals surface area contributed by atoms with E-state index < -0.39 is 0 Å². The quantitative estimate of drug-likeness (QED) is 0.675. The van der Waals surface area contributed by atoms with Crippen LogP contribution in [0.5, 0.6) is 0 Å². The van der Waals surface area contributed by atoms with Gasteiger partial charge in [-0.25, -0.2) is 0 Å². The van der Waals surface area contributed by atoms with Crippen LogP contribution in [-0.4, -0.2) is 56.9 Å². The molecule has 0 unspecified atom stereocenters. The Morgan fingerprint density at radius 1 is 1.00 bits per heavy atom. The second-order valence-corrected chi connectivity index (χ2v) is 8.87. The molecule has 0 saturated carbocycles. The normalized spacial score (nSPS) is 20.5. The van der Waals surface area contributed by atoms with Gasteiger partial charge >= 0.3 is 0 Å². The number of piperidine rings is 2. The number of anilines is 3. The van der Waals surface area contributed by atoms with Gasteiger partial charge in [0.1, 0.15) is 0 Å². The van der Waals surface area contributed by atoms with Crippen LogP contribution in [0.15, 0.2) is 30.3 Å². The van der Waals surface area contributed by atoms with Crippen molar-refractivity contribution in [1.29, 1.82) is 0 Å². The van der Waals surface area contributed by atoms with E-state index in [-0.39, 0.29) is 6.29 Å². The molecule has 2 fully saturated rings. The minimum atomic E-state index is -0.0988. The molecule has 168 valence electrons. The van der Waals surface area contributed by atoms with Crippen LogP contribution in [0.3, 0.4) is 0 Å². The molecule has 8 heteroatoms. The summed E-state index contributed by atoms with van der Waals surface area (Å²) in [5.41, 5.74) is 9.60. The lowest BCUT2D eigenvalue weighted by atomic mass is 9.90. The Morgan fingerprint density at radius 3 is 2.39 bits per heavy atom. The third-order valence-corrected chi connectivity index (χ3v) is 6.84. The molecule has 0 bridgehead atoms. The Balaban J connectivity index is 1.39. The fraction of sp³-hybridized carbons (Fsp3) is 0.565. The van der Waals surface area contributed by atoms with E-state index >= 15 is 0 Å². The SMILES string of the molecule is COC(OC)C1CCN(c2ccc([C@H]3CCCN(c4cc(Cl)nnc4N)C3)cc2)CC1. The molecule has 0 spiro atoms. The van der Waals surface area contributed by atoms with Gasteiger partial charge in [0.05, 0.1) is 5.69 Å². The van der Waals surface area contributed by atoms with Crippen LogP contribution in [0.1, 0.15) is 37.2 Å². The van der Waals surface area contributed by atoms with Crippen molar-refractivity contribution >= 4 is 28.8 Å². The molecule has 2 N–H and O–H groups in total. The van der Waals surface area contributed by atoms with Crippen molar-refractivity contribution in [2.24, 2.45) is 5.92 Å². The summed E-state index contributed by atoms with van der Waals surface area (Å²) in [6, 6.07) is 10.9. The van der Waals surface area contributed by atoms with Crippen LogP contribution in [-0.2, 0) is 9.47 Å². The highest BCUT2D eigenvalue weighted by Gasteiger charge is 2.27. The van der Waals surface area contributed by atoms with Crippen LogP contribution < -0.4 is 15.5 Å². The molecule has 2 aromatic rings. The van der Waals surface area contributed by atoms with Gasteiger partial charge in [0, 0.05) is 64.0 Å². The molecule has 7 nitrogen and oxygen atoms in total. The number of ether oxygens (including phenoxy) is 2. The molecule has 4 rings (SSSR count). The highest BCUT2D eigenvalue weighted by atomic mass is 35.5. The molecular weight excluding hydrogens is 414 g/mol. The van der Waals surface area contributed by atoms with Gasteiger partial charge in [0.15, 0.2) is 17.3 Å². The number of aromatic nitrogens is 2. The van der Waals surface area contributed by atoms with Crippen molar-refractivity contribution in [3.63, 3.8) is 0 Å². The number of hydrogen-bond donors (Lipinski definition) is 1. The highest BCUT2D eigenvalue weighted by molar-refractivity contribution is 6.29. The monoisotopic (exact) mass is 445 g/mol. The maximum Gasteiger partial charge on any atom is 0.169 e. The van der Waals surface area contributed by atoms with Crippen LogP contribution in [0.25, 0.3) is 0 Å². The summed E-state index contributed by atoms with van der Waals surface area (Å²) >= 11 is 6.05. The van der Waals surface area contributed by atoms with Gasteiger partial charge in [-0.05, 0) is 43.4 Å². The maximum atomic E-state index is 6.06. The van der Waals surface area contributed by atoms with E-state index in [1.54, 1.807) is 14.2 Å². The molecule has 0 amide bonds. The Bertz CT molecular complexity index is 854. The molecule has 1 atom stereocenters. The summed E-state index contributed by atoms with van der Waals surface area (Å²) in [5, 5.41) is 8.19. The van der Waals surface area contributed by atoms with Gasteiger partial charge in [-0.15, -0.1) is 10.2 Å². The standard InChI is InChI=1S/C23H32ClN5O2/c1-30-23(31-2)17-9-12-28(13-10-17)19-7-5-16(6-8-19)18-4-3-11-29(15-18)20-14-21(24)26-27-22(20)25/h5-8,14,17-18,23H,3-4,9-13,15H2,1-2H3,(H2,25,27)/t18-/m0/s1. The lowest BCUT2D eigenvalue weighted by molar-refractivity contribution is -0.141. The second kappa shape index (κ2) is 10.0. The molecule has 0 radical (unpaired) electrons. The van der Waals surface area contributed by atoms with Gasteiger partial charge in [0.2, 0.25) is 0 Å². The molecule has 3 heterocycles. The molecule has 1 aromatic carbocycles. The summed E-state index contributed by atoms with van der Waals surface area (Å²) in [7, 11) is 3.44. The smallest absolute Gasteiger partial charge is 0.169 e. The largest absolute Gasteiger partial charge is 0.380 e. The van der Waals surface area contributed by atoms with E-state index in [4.69, 9.17) is 26.8 Å². The van der Waals surface area contributed by atoms with Crippen molar-refractivity contribution in [2.75, 3.05) is 55.9 Å². The maximum absolute atomic E-state index is 6.06. The Kier molecular flexibility index (Phi) is 7.15. The fourth-order valence-electron chi connectivity index (χ4n) is 4.96. The van der Waals surface area contributed by atoms with Gasteiger partial charge in [-0.2, -0.15) is 0 Å². The predicted molar refractivity (Wildman–Crippen MR) is 125 cm³/mol. The number of benzene rings is 1. The first kappa shape index (κ1) is 22.1. The van der Waals surface area contributed by atoms with E-state index in [1.807, 2.05) is 6.07 Å². The number of nitrogens with zero attached hydrogens (tertiary/aromatic N) is 4. The van der Waals surface area contributed by atoms with Crippen LogP contribution >= 0.6 is 11.6 Å². The van der Waals surface area contributed by atoms with E-state index in [9.17, 15) is 0 Å². The highest BCUT2D eigenvalue weighted by Crippen LogP contribution is 2.34. The Hall–Kier alpha value is -2.09. The van der Waals surface area contributed by atoms with Gasteiger partial charge in [-0.1, -0.05) is 23.7 Å².